The maximum absolute atomic E-state index is 12.4. The van der Waals surface area contributed by atoms with E-state index < -0.39 is 0 Å². The predicted molar refractivity (Wildman–Crippen MR) is 73.1 cm³/mol. The standard InChI is InChI=1S/C15H16O3S/c1-9-4-5-10-12(7-9)18-8-11(14(10)16)15(17)13-3-2-6-19-13/h2-3,6,8-10,12H,4-5,7H2,1H3. The first kappa shape index (κ1) is 12.6. The van der Waals surface area contributed by atoms with Crippen LogP contribution in [0.2, 0.25) is 0 Å². The van der Waals surface area contributed by atoms with Crippen molar-refractivity contribution in [1.82, 2.24) is 0 Å². The maximum atomic E-state index is 12.4. The third-order valence-corrected chi connectivity index (χ3v) is 4.88. The highest BCUT2D eigenvalue weighted by Gasteiger charge is 2.40. The van der Waals surface area contributed by atoms with Crippen LogP contribution < -0.4 is 0 Å². The summed E-state index contributed by atoms with van der Waals surface area (Å²) in [6.45, 7) is 2.18. The average molecular weight is 276 g/mol. The van der Waals surface area contributed by atoms with Crippen molar-refractivity contribution in [3.8, 4) is 0 Å². The fourth-order valence-corrected chi connectivity index (χ4v) is 3.58. The molecular formula is C15H16O3S. The summed E-state index contributed by atoms with van der Waals surface area (Å²) < 4.78 is 5.66. The largest absolute Gasteiger partial charge is 0.496 e. The monoisotopic (exact) mass is 276 g/mol. The summed E-state index contributed by atoms with van der Waals surface area (Å²) in [5.41, 5.74) is 0.221. The van der Waals surface area contributed by atoms with Gasteiger partial charge in [0.25, 0.3) is 0 Å². The molecule has 4 heteroatoms. The van der Waals surface area contributed by atoms with Crippen molar-refractivity contribution in [2.24, 2.45) is 11.8 Å². The summed E-state index contributed by atoms with van der Waals surface area (Å²) in [6, 6.07) is 3.56. The van der Waals surface area contributed by atoms with Crippen LogP contribution in [-0.2, 0) is 9.53 Å². The Bertz CT molecular complexity index is 530. The van der Waals surface area contributed by atoms with Gasteiger partial charge in [-0.1, -0.05) is 13.0 Å². The lowest BCUT2D eigenvalue weighted by molar-refractivity contribution is -0.127. The number of ketones is 2. The lowest BCUT2D eigenvalue weighted by Crippen LogP contribution is -2.40. The quantitative estimate of drug-likeness (QED) is 0.615. The number of fused-ring (bicyclic) bond motifs is 1. The number of ether oxygens (including phenoxy) is 1. The topological polar surface area (TPSA) is 43.4 Å². The number of allylic oxidation sites excluding steroid dienone is 1. The van der Waals surface area contributed by atoms with Gasteiger partial charge in [0.1, 0.15) is 11.7 Å². The van der Waals surface area contributed by atoms with E-state index >= 15 is 0 Å². The van der Waals surface area contributed by atoms with Crippen LogP contribution >= 0.6 is 11.3 Å². The summed E-state index contributed by atoms with van der Waals surface area (Å²) in [6.07, 6.45) is 4.14. The van der Waals surface area contributed by atoms with Gasteiger partial charge >= 0.3 is 0 Å². The van der Waals surface area contributed by atoms with E-state index in [0.717, 1.165) is 19.3 Å². The fourth-order valence-electron chi connectivity index (χ4n) is 2.90. The van der Waals surface area contributed by atoms with Crippen molar-refractivity contribution in [1.29, 1.82) is 0 Å². The Morgan fingerprint density at radius 2 is 2.26 bits per heavy atom. The van der Waals surface area contributed by atoms with Crippen molar-refractivity contribution in [3.63, 3.8) is 0 Å². The van der Waals surface area contributed by atoms with Gasteiger partial charge in [-0.05, 0) is 36.6 Å². The van der Waals surface area contributed by atoms with Gasteiger partial charge in [0.15, 0.2) is 5.78 Å². The van der Waals surface area contributed by atoms with Crippen LogP contribution in [0.15, 0.2) is 29.3 Å². The summed E-state index contributed by atoms with van der Waals surface area (Å²) in [5.74, 6) is 0.246. The lowest BCUT2D eigenvalue weighted by Gasteiger charge is -2.36. The highest BCUT2D eigenvalue weighted by molar-refractivity contribution is 7.12. The predicted octanol–water partition coefficient (Wildman–Crippen LogP) is 3.22. The van der Waals surface area contributed by atoms with E-state index in [4.69, 9.17) is 4.74 Å². The van der Waals surface area contributed by atoms with Gasteiger partial charge in [0, 0.05) is 0 Å². The molecule has 2 aliphatic rings. The summed E-state index contributed by atoms with van der Waals surface area (Å²) >= 11 is 1.36. The third-order valence-electron chi connectivity index (χ3n) is 4.01. The molecule has 1 aromatic heterocycles. The van der Waals surface area contributed by atoms with Gasteiger partial charge in [-0.25, -0.2) is 0 Å². The van der Waals surface area contributed by atoms with Gasteiger partial charge in [0.2, 0.25) is 5.78 Å². The Kier molecular flexibility index (Phi) is 3.27. The second-order valence-electron chi connectivity index (χ2n) is 5.40. The van der Waals surface area contributed by atoms with Crippen LogP contribution in [0.5, 0.6) is 0 Å². The molecule has 3 atom stereocenters. The number of Topliss-reactive ketones (excluding diaryl/α,β-unsaturated/α-hetero) is 2. The summed E-state index contributed by atoms with van der Waals surface area (Å²) in [5, 5.41) is 1.84. The zero-order valence-corrected chi connectivity index (χ0v) is 11.6. The average Bonchev–Trinajstić information content (AvgIpc) is 2.92. The Hall–Kier alpha value is -1.42. The van der Waals surface area contributed by atoms with Gasteiger partial charge in [-0.2, -0.15) is 0 Å². The Morgan fingerprint density at radius 1 is 1.42 bits per heavy atom. The van der Waals surface area contributed by atoms with Crippen molar-refractivity contribution in [2.45, 2.75) is 32.3 Å². The van der Waals surface area contributed by atoms with E-state index in [1.54, 1.807) is 6.07 Å². The highest BCUT2D eigenvalue weighted by Crippen LogP contribution is 2.36. The number of hydrogen-bond acceptors (Lipinski definition) is 4. The van der Waals surface area contributed by atoms with E-state index in [0.29, 0.717) is 10.8 Å². The molecule has 0 bridgehead atoms. The van der Waals surface area contributed by atoms with Crippen LogP contribution in [0.1, 0.15) is 35.9 Å². The first-order valence-corrected chi connectivity index (χ1v) is 7.53. The second-order valence-corrected chi connectivity index (χ2v) is 6.35. The zero-order chi connectivity index (χ0) is 13.4. The van der Waals surface area contributed by atoms with Gasteiger partial charge < -0.3 is 4.74 Å². The molecule has 3 unspecified atom stereocenters. The van der Waals surface area contributed by atoms with Gasteiger partial charge in [0.05, 0.1) is 17.1 Å². The molecule has 3 rings (SSSR count). The molecule has 1 aliphatic heterocycles. The Morgan fingerprint density at radius 3 is 3.00 bits per heavy atom. The summed E-state index contributed by atoms with van der Waals surface area (Å²) in [4.78, 5) is 25.3. The summed E-state index contributed by atoms with van der Waals surface area (Å²) in [7, 11) is 0. The van der Waals surface area contributed by atoms with E-state index in [9.17, 15) is 9.59 Å². The normalized spacial score (nSPS) is 30.3. The van der Waals surface area contributed by atoms with Crippen LogP contribution in [0, 0.1) is 11.8 Å². The molecule has 2 heterocycles. The lowest BCUT2D eigenvalue weighted by atomic mass is 9.75. The second kappa shape index (κ2) is 4.93. The Labute approximate surface area is 116 Å². The smallest absolute Gasteiger partial charge is 0.209 e. The molecule has 0 amide bonds. The van der Waals surface area contributed by atoms with Crippen molar-refractivity contribution < 1.29 is 14.3 Å². The molecule has 0 N–H and O–H groups in total. The number of carbonyl (C=O) groups excluding carboxylic acids is 2. The van der Waals surface area contributed by atoms with E-state index in [-0.39, 0.29) is 29.2 Å². The molecule has 0 spiro atoms. The van der Waals surface area contributed by atoms with E-state index in [1.165, 1.54) is 17.6 Å². The minimum absolute atomic E-state index is 0.0263. The molecule has 1 fully saturated rings. The number of carbonyl (C=O) groups is 2. The molecule has 3 nitrogen and oxygen atoms in total. The molecule has 1 saturated carbocycles. The first-order valence-electron chi connectivity index (χ1n) is 6.65. The molecule has 0 radical (unpaired) electrons. The van der Waals surface area contributed by atoms with Crippen molar-refractivity contribution >= 4 is 22.9 Å². The first-order chi connectivity index (χ1) is 9.16. The van der Waals surface area contributed by atoms with Crippen LogP contribution in [0.3, 0.4) is 0 Å². The molecular weight excluding hydrogens is 260 g/mol. The molecule has 1 aliphatic carbocycles. The minimum Gasteiger partial charge on any atom is -0.496 e. The number of thiophene rings is 1. The van der Waals surface area contributed by atoms with Gasteiger partial charge in [-0.3, -0.25) is 9.59 Å². The van der Waals surface area contributed by atoms with Crippen LogP contribution in [-0.4, -0.2) is 17.7 Å². The van der Waals surface area contributed by atoms with Crippen molar-refractivity contribution in [3.05, 3.63) is 34.2 Å². The third kappa shape index (κ3) is 2.25. The maximum Gasteiger partial charge on any atom is 0.209 e. The zero-order valence-electron chi connectivity index (χ0n) is 10.8. The van der Waals surface area contributed by atoms with Gasteiger partial charge in [-0.15, -0.1) is 11.3 Å². The van der Waals surface area contributed by atoms with Crippen LogP contribution in [0.25, 0.3) is 0 Å². The molecule has 1 aromatic rings. The highest BCUT2D eigenvalue weighted by atomic mass is 32.1. The molecule has 19 heavy (non-hydrogen) atoms. The van der Waals surface area contributed by atoms with Crippen molar-refractivity contribution in [2.75, 3.05) is 0 Å². The molecule has 0 saturated heterocycles. The number of hydrogen-bond donors (Lipinski definition) is 0. The van der Waals surface area contributed by atoms with E-state index in [2.05, 4.69) is 6.92 Å². The Balaban J connectivity index is 1.84. The number of rotatable bonds is 2. The minimum atomic E-state index is -0.197. The molecule has 0 aromatic carbocycles. The molecule has 100 valence electrons. The SMILES string of the molecule is CC1CCC2C(=O)C(C(=O)c3cccs3)=COC2C1. The fraction of sp³-hybridized carbons (Fsp3) is 0.467. The van der Waals surface area contributed by atoms with Crippen LogP contribution in [0.4, 0.5) is 0 Å². The van der Waals surface area contributed by atoms with E-state index in [1.807, 2.05) is 11.4 Å².